The van der Waals surface area contributed by atoms with Crippen LogP contribution in [0.25, 0.3) is 0 Å². The van der Waals surface area contributed by atoms with Crippen LogP contribution in [-0.2, 0) is 6.42 Å². The second kappa shape index (κ2) is 21.1. The standard InChI is InChI=1S/C29H49O4P/c1-3-5-7-8-9-10-11-12-13-14-15-16-17-18-20-22-28(30)27-25-26(21-19-6-4-2)23-24-29(27)33-34(31)32/h12-13,23-25,31-32H,3-11,14-22H2,1-2H3. The van der Waals surface area contributed by atoms with E-state index in [-0.39, 0.29) is 11.5 Å². The van der Waals surface area contributed by atoms with Gasteiger partial charge in [0.15, 0.2) is 5.78 Å². The summed E-state index contributed by atoms with van der Waals surface area (Å²) in [6, 6.07) is 5.50. The molecule has 0 heterocycles. The lowest BCUT2D eigenvalue weighted by atomic mass is 9.98. The van der Waals surface area contributed by atoms with E-state index in [1.54, 1.807) is 6.07 Å². The Kier molecular flexibility index (Phi) is 19.1. The molecule has 4 nitrogen and oxygen atoms in total. The Labute approximate surface area is 210 Å². The zero-order chi connectivity index (χ0) is 24.9. The van der Waals surface area contributed by atoms with Gasteiger partial charge in [0, 0.05) is 6.42 Å². The molecule has 0 amide bonds. The first-order valence-electron chi connectivity index (χ1n) is 13.8. The molecule has 194 valence electrons. The Morgan fingerprint density at radius 1 is 0.794 bits per heavy atom. The zero-order valence-electron chi connectivity index (χ0n) is 21.8. The van der Waals surface area contributed by atoms with Gasteiger partial charge in [-0.15, -0.1) is 0 Å². The summed E-state index contributed by atoms with van der Waals surface area (Å²) in [5, 5.41) is 0. The van der Waals surface area contributed by atoms with Gasteiger partial charge in [-0.2, -0.15) is 0 Å². The molecular weight excluding hydrogens is 443 g/mol. The predicted molar refractivity (Wildman–Crippen MR) is 145 cm³/mol. The summed E-state index contributed by atoms with van der Waals surface area (Å²) in [4.78, 5) is 31.3. The van der Waals surface area contributed by atoms with E-state index in [9.17, 15) is 14.6 Å². The smallest absolute Gasteiger partial charge is 0.391 e. The van der Waals surface area contributed by atoms with E-state index >= 15 is 0 Å². The number of aryl methyl sites for hydroxylation is 1. The molecule has 1 aromatic carbocycles. The van der Waals surface area contributed by atoms with E-state index in [2.05, 4.69) is 26.0 Å². The minimum Gasteiger partial charge on any atom is -0.426 e. The molecule has 0 aliphatic carbocycles. The largest absolute Gasteiger partial charge is 0.426 e. The topological polar surface area (TPSA) is 66.8 Å². The van der Waals surface area contributed by atoms with Crippen molar-refractivity contribution >= 4 is 14.4 Å². The molecule has 34 heavy (non-hydrogen) atoms. The third kappa shape index (κ3) is 15.6. The SMILES string of the molecule is CCCCCCCCC=CCCCCCCCC(=O)c1cc(CCCCC)ccc1OP(O)O. The third-order valence-corrected chi connectivity index (χ3v) is 6.62. The number of unbranched alkanes of at least 4 members (excludes halogenated alkanes) is 13. The number of hydrogen-bond acceptors (Lipinski definition) is 4. The number of hydrogen-bond donors (Lipinski definition) is 2. The molecule has 0 saturated carbocycles. The zero-order valence-corrected chi connectivity index (χ0v) is 22.7. The highest BCUT2D eigenvalue weighted by Gasteiger charge is 2.16. The average Bonchev–Trinajstić information content (AvgIpc) is 2.82. The van der Waals surface area contributed by atoms with Crippen molar-refractivity contribution in [2.75, 3.05) is 0 Å². The molecule has 0 aliphatic heterocycles. The van der Waals surface area contributed by atoms with E-state index in [1.165, 1.54) is 57.8 Å². The van der Waals surface area contributed by atoms with Crippen molar-refractivity contribution in [2.45, 2.75) is 129 Å². The van der Waals surface area contributed by atoms with Crippen molar-refractivity contribution in [1.29, 1.82) is 0 Å². The van der Waals surface area contributed by atoms with Crippen molar-refractivity contribution in [3.63, 3.8) is 0 Å². The van der Waals surface area contributed by atoms with Crippen LogP contribution in [0.4, 0.5) is 0 Å². The molecule has 0 spiro atoms. The van der Waals surface area contributed by atoms with Gasteiger partial charge in [0.25, 0.3) is 0 Å². The van der Waals surface area contributed by atoms with Gasteiger partial charge in [-0.25, -0.2) is 0 Å². The van der Waals surface area contributed by atoms with Gasteiger partial charge in [-0.3, -0.25) is 4.79 Å². The fourth-order valence-corrected chi connectivity index (χ4v) is 4.52. The third-order valence-electron chi connectivity index (χ3n) is 6.26. The quantitative estimate of drug-likeness (QED) is 0.0732. The molecule has 0 radical (unpaired) electrons. The van der Waals surface area contributed by atoms with Gasteiger partial charge in [0.2, 0.25) is 0 Å². The van der Waals surface area contributed by atoms with Gasteiger partial charge in [0.1, 0.15) is 5.75 Å². The van der Waals surface area contributed by atoms with E-state index < -0.39 is 8.60 Å². The van der Waals surface area contributed by atoms with Crippen molar-refractivity contribution in [3.8, 4) is 5.75 Å². The van der Waals surface area contributed by atoms with Gasteiger partial charge >= 0.3 is 8.60 Å². The lowest BCUT2D eigenvalue weighted by Gasteiger charge is -2.12. The summed E-state index contributed by atoms with van der Waals surface area (Å²) < 4.78 is 5.12. The highest BCUT2D eigenvalue weighted by Crippen LogP contribution is 2.33. The van der Waals surface area contributed by atoms with E-state index in [0.717, 1.165) is 56.9 Å². The highest BCUT2D eigenvalue weighted by molar-refractivity contribution is 7.39. The lowest BCUT2D eigenvalue weighted by molar-refractivity contribution is 0.0977. The number of rotatable bonds is 22. The maximum atomic E-state index is 12.8. The highest BCUT2D eigenvalue weighted by atomic mass is 31.2. The minimum atomic E-state index is -2.53. The fourth-order valence-electron chi connectivity index (χ4n) is 4.19. The molecule has 2 N–H and O–H groups in total. The van der Waals surface area contributed by atoms with Crippen LogP contribution in [0, 0.1) is 0 Å². The van der Waals surface area contributed by atoms with Gasteiger partial charge in [-0.1, -0.05) is 96.3 Å². The van der Waals surface area contributed by atoms with Crippen LogP contribution < -0.4 is 4.52 Å². The second-order valence-corrected chi connectivity index (χ2v) is 10.1. The predicted octanol–water partition coefficient (Wildman–Crippen LogP) is 9.23. The number of carbonyl (C=O) groups is 1. The minimum absolute atomic E-state index is 0.0295. The van der Waals surface area contributed by atoms with Crippen LogP contribution in [0.5, 0.6) is 5.75 Å². The Bertz CT molecular complexity index is 672. The lowest BCUT2D eigenvalue weighted by Crippen LogP contribution is -2.04. The molecule has 1 aromatic rings. The molecule has 0 fully saturated rings. The van der Waals surface area contributed by atoms with Crippen molar-refractivity contribution in [1.82, 2.24) is 0 Å². The van der Waals surface area contributed by atoms with Crippen LogP contribution in [0.1, 0.15) is 139 Å². The first-order chi connectivity index (χ1) is 16.6. The van der Waals surface area contributed by atoms with Crippen LogP contribution in [0.2, 0.25) is 0 Å². The maximum Gasteiger partial charge on any atom is 0.391 e. The summed E-state index contributed by atoms with van der Waals surface area (Å²) in [6.45, 7) is 4.43. The Morgan fingerprint density at radius 3 is 1.97 bits per heavy atom. The van der Waals surface area contributed by atoms with E-state index in [0.29, 0.717) is 12.0 Å². The summed E-state index contributed by atoms with van der Waals surface area (Å²) in [6.07, 6.45) is 25.5. The number of benzene rings is 1. The molecule has 5 heteroatoms. The Hall–Kier alpha value is -1.22. The number of Topliss-reactive ketones (excluding diaryl/α,β-unsaturated/α-hetero) is 1. The van der Waals surface area contributed by atoms with Crippen LogP contribution >= 0.6 is 8.60 Å². The number of ketones is 1. The van der Waals surface area contributed by atoms with Crippen molar-refractivity contribution < 1.29 is 19.1 Å². The van der Waals surface area contributed by atoms with Gasteiger partial charge < -0.3 is 14.3 Å². The summed E-state index contributed by atoms with van der Waals surface area (Å²) >= 11 is 0. The first kappa shape index (κ1) is 30.8. The second-order valence-electron chi connectivity index (χ2n) is 9.39. The number of carbonyl (C=O) groups excluding carboxylic acids is 1. The van der Waals surface area contributed by atoms with Crippen LogP contribution in [-0.4, -0.2) is 15.6 Å². The summed E-state index contributed by atoms with van der Waals surface area (Å²) in [5.74, 6) is 0.315. The fraction of sp³-hybridized carbons (Fsp3) is 0.690. The first-order valence-corrected chi connectivity index (χ1v) is 14.9. The maximum absolute atomic E-state index is 12.8. The van der Waals surface area contributed by atoms with Crippen LogP contribution in [0.15, 0.2) is 30.4 Å². The molecule has 0 atom stereocenters. The van der Waals surface area contributed by atoms with Gasteiger partial charge in [-0.05, 0) is 62.6 Å². The van der Waals surface area contributed by atoms with Crippen molar-refractivity contribution in [3.05, 3.63) is 41.5 Å². The van der Waals surface area contributed by atoms with E-state index in [4.69, 9.17) is 4.52 Å². The molecule has 0 bridgehead atoms. The van der Waals surface area contributed by atoms with E-state index in [1.807, 2.05) is 12.1 Å². The normalized spacial score (nSPS) is 11.6. The molecule has 0 aliphatic rings. The number of allylic oxidation sites excluding steroid dienone is 2. The molecule has 0 unspecified atom stereocenters. The molecule has 1 rings (SSSR count). The monoisotopic (exact) mass is 492 g/mol. The summed E-state index contributed by atoms with van der Waals surface area (Å²) in [5.41, 5.74) is 1.59. The van der Waals surface area contributed by atoms with Gasteiger partial charge in [0.05, 0.1) is 5.56 Å². The Morgan fingerprint density at radius 2 is 1.35 bits per heavy atom. The van der Waals surface area contributed by atoms with Crippen molar-refractivity contribution in [2.24, 2.45) is 0 Å². The Balaban J connectivity index is 2.24. The molecular formula is C29H49O4P. The van der Waals surface area contributed by atoms with Crippen LogP contribution in [0.3, 0.4) is 0 Å². The average molecular weight is 493 g/mol. The molecule has 0 saturated heterocycles. The summed E-state index contributed by atoms with van der Waals surface area (Å²) in [7, 11) is -2.53. The molecule has 0 aromatic heterocycles.